The molecule has 0 N–H and O–H groups in total. The highest BCUT2D eigenvalue weighted by molar-refractivity contribution is 5.96. The van der Waals surface area contributed by atoms with Crippen molar-refractivity contribution in [1.29, 1.82) is 0 Å². The van der Waals surface area contributed by atoms with E-state index in [1.165, 1.54) is 37.7 Å². The summed E-state index contributed by atoms with van der Waals surface area (Å²) in [6, 6.07) is 14.1. The molecule has 0 unspecified atom stereocenters. The maximum absolute atomic E-state index is 12.0. The third-order valence-corrected chi connectivity index (χ3v) is 6.73. The molecule has 2 saturated carbocycles. The van der Waals surface area contributed by atoms with Gasteiger partial charge in [0.25, 0.3) is 0 Å². The Labute approximate surface area is 210 Å². The Balaban J connectivity index is 1.42. The number of carbonyl (C=O) groups is 1. The summed E-state index contributed by atoms with van der Waals surface area (Å²) >= 11 is 0. The Morgan fingerprint density at radius 2 is 1.74 bits per heavy atom. The van der Waals surface area contributed by atoms with E-state index in [4.69, 9.17) is 14.2 Å². The molecule has 0 bridgehead atoms. The molecule has 2 aliphatic rings. The Hall–Kier alpha value is -3.01. The highest BCUT2D eigenvalue weighted by atomic mass is 16.5. The minimum Gasteiger partial charge on any atom is -0.494 e. The fraction of sp³-hybridized carbons (Fsp3) is 0.452. The fourth-order valence-corrected chi connectivity index (χ4v) is 4.18. The first-order valence-corrected chi connectivity index (χ1v) is 13.2. The van der Waals surface area contributed by atoms with Gasteiger partial charge in [-0.05, 0) is 92.1 Å². The van der Waals surface area contributed by atoms with Crippen LogP contribution in [-0.2, 0) is 4.79 Å². The van der Waals surface area contributed by atoms with Gasteiger partial charge in [0.1, 0.15) is 11.5 Å². The van der Waals surface area contributed by atoms with Gasteiger partial charge < -0.3 is 14.2 Å². The van der Waals surface area contributed by atoms with Crippen molar-refractivity contribution in [3.05, 3.63) is 65.2 Å². The van der Waals surface area contributed by atoms with Crippen molar-refractivity contribution < 1.29 is 19.0 Å². The average Bonchev–Trinajstić information content (AvgIpc) is 3.70. The summed E-state index contributed by atoms with van der Waals surface area (Å²) in [5.41, 5.74) is 3.31. The molecule has 0 aromatic heterocycles. The topological polar surface area (TPSA) is 44.8 Å². The molecule has 0 aliphatic heterocycles. The fourth-order valence-electron chi connectivity index (χ4n) is 4.18. The van der Waals surface area contributed by atoms with Crippen molar-refractivity contribution in [2.24, 2.45) is 5.92 Å². The lowest BCUT2D eigenvalue weighted by molar-refractivity contribution is -0.115. The number of unbranched alkanes of at least 4 members (excludes halogenated alkanes) is 4. The smallest absolute Gasteiger partial charge is 0.169 e. The Morgan fingerprint density at radius 3 is 2.40 bits per heavy atom. The molecule has 2 fully saturated rings. The standard InChI is InChI=1S/C31H38O4/c1-3-4-5-6-7-21-34-27-17-15-26(16-18-27)31(25-9-8-10-25)35-29-20-12-23(22-30(29)33-2)11-19-28(32)24-13-14-24/h11-12,15-20,22,24H,3-10,13-14,21H2,1-2H3/b19-11+. The van der Waals surface area contributed by atoms with E-state index in [2.05, 4.69) is 19.1 Å². The lowest BCUT2D eigenvalue weighted by atomic mass is 9.89. The number of hydrogen-bond donors (Lipinski definition) is 0. The molecule has 0 radical (unpaired) electrons. The van der Waals surface area contributed by atoms with Crippen LogP contribution in [0.3, 0.4) is 0 Å². The second kappa shape index (κ2) is 12.6. The number of ether oxygens (including phenoxy) is 3. The molecule has 4 rings (SSSR count). The second-order valence-electron chi connectivity index (χ2n) is 9.60. The molecule has 4 nitrogen and oxygen atoms in total. The van der Waals surface area contributed by atoms with Crippen molar-refractivity contribution >= 4 is 17.6 Å². The summed E-state index contributed by atoms with van der Waals surface area (Å²) in [5, 5.41) is 0. The van der Waals surface area contributed by atoms with Gasteiger partial charge in [0.2, 0.25) is 0 Å². The largest absolute Gasteiger partial charge is 0.494 e. The Morgan fingerprint density at radius 1 is 0.971 bits per heavy atom. The molecule has 2 aromatic carbocycles. The summed E-state index contributed by atoms with van der Waals surface area (Å²) in [4.78, 5) is 12.0. The molecule has 0 spiro atoms. The van der Waals surface area contributed by atoms with E-state index in [-0.39, 0.29) is 11.7 Å². The Bertz CT molecular complexity index is 1040. The van der Waals surface area contributed by atoms with Gasteiger partial charge >= 0.3 is 0 Å². The van der Waals surface area contributed by atoms with Gasteiger partial charge in [0.15, 0.2) is 17.3 Å². The molecule has 4 heteroatoms. The first-order valence-electron chi connectivity index (χ1n) is 13.2. The van der Waals surface area contributed by atoms with Crippen LogP contribution in [0.15, 0.2) is 54.1 Å². The summed E-state index contributed by atoms with van der Waals surface area (Å²) < 4.78 is 18.0. The average molecular weight is 475 g/mol. The van der Waals surface area contributed by atoms with Gasteiger partial charge in [-0.2, -0.15) is 0 Å². The van der Waals surface area contributed by atoms with Crippen molar-refractivity contribution in [1.82, 2.24) is 0 Å². The lowest BCUT2D eigenvalue weighted by Gasteiger charge is -2.23. The van der Waals surface area contributed by atoms with Gasteiger partial charge in [-0.1, -0.05) is 44.7 Å². The zero-order valence-electron chi connectivity index (χ0n) is 21.2. The summed E-state index contributed by atoms with van der Waals surface area (Å²) in [6.07, 6.45) is 15.0. The Kier molecular flexibility index (Phi) is 9.05. The molecule has 0 amide bonds. The van der Waals surface area contributed by atoms with Crippen LogP contribution in [0.1, 0.15) is 82.3 Å². The van der Waals surface area contributed by atoms with Crippen LogP contribution < -0.4 is 14.2 Å². The van der Waals surface area contributed by atoms with Gasteiger partial charge in [-0.3, -0.25) is 4.79 Å². The number of allylic oxidation sites excluding steroid dienone is 2. The van der Waals surface area contributed by atoms with E-state index in [0.717, 1.165) is 61.3 Å². The maximum Gasteiger partial charge on any atom is 0.169 e. The molecular weight excluding hydrogens is 436 g/mol. The molecule has 2 aromatic rings. The summed E-state index contributed by atoms with van der Waals surface area (Å²) in [7, 11) is 1.65. The zero-order valence-corrected chi connectivity index (χ0v) is 21.2. The van der Waals surface area contributed by atoms with Crippen LogP contribution in [0.25, 0.3) is 11.8 Å². The van der Waals surface area contributed by atoms with E-state index in [0.29, 0.717) is 11.5 Å². The summed E-state index contributed by atoms with van der Waals surface area (Å²) in [5.74, 6) is 3.59. The van der Waals surface area contributed by atoms with Crippen LogP contribution in [0.2, 0.25) is 0 Å². The maximum atomic E-state index is 12.0. The first kappa shape index (κ1) is 25.1. The molecule has 35 heavy (non-hydrogen) atoms. The zero-order chi connectivity index (χ0) is 24.5. The minimum atomic E-state index is 0.213. The van der Waals surface area contributed by atoms with Crippen LogP contribution in [0.4, 0.5) is 0 Å². The molecule has 2 aliphatic carbocycles. The van der Waals surface area contributed by atoms with Gasteiger partial charge in [-0.25, -0.2) is 0 Å². The van der Waals surface area contributed by atoms with Gasteiger partial charge in [-0.15, -0.1) is 0 Å². The number of hydrogen-bond acceptors (Lipinski definition) is 4. The lowest BCUT2D eigenvalue weighted by Crippen LogP contribution is -2.07. The third kappa shape index (κ3) is 7.24. The SMILES string of the molecule is CCCCCCCOc1ccc(C(Oc2ccc(/C=C/C(=O)C3CC3)cc2OC)=C2CCC2)cc1. The van der Waals surface area contributed by atoms with E-state index < -0.39 is 0 Å². The second-order valence-corrected chi connectivity index (χ2v) is 9.60. The van der Waals surface area contributed by atoms with Crippen molar-refractivity contribution in [3.8, 4) is 17.2 Å². The number of benzene rings is 2. The van der Waals surface area contributed by atoms with Gasteiger partial charge in [0, 0.05) is 11.5 Å². The monoisotopic (exact) mass is 474 g/mol. The quantitative estimate of drug-likeness (QED) is 0.158. The van der Waals surface area contributed by atoms with Gasteiger partial charge in [0.05, 0.1) is 13.7 Å². The molecule has 0 heterocycles. The third-order valence-electron chi connectivity index (χ3n) is 6.73. The van der Waals surface area contributed by atoms with Crippen molar-refractivity contribution in [2.75, 3.05) is 13.7 Å². The highest BCUT2D eigenvalue weighted by Gasteiger charge is 2.27. The van der Waals surface area contributed by atoms with Crippen LogP contribution in [-0.4, -0.2) is 19.5 Å². The van der Waals surface area contributed by atoms with Crippen molar-refractivity contribution in [2.45, 2.75) is 71.1 Å². The van der Waals surface area contributed by atoms with E-state index in [1.54, 1.807) is 13.2 Å². The predicted octanol–water partition coefficient (Wildman–Crippen LogP) is 8.01. The van der Waals surface area contributed by atoms with Crippen LogP contribution in [0, 0.1) is 5.92 Å². The van der Waals surface area contributed by atoms with E-state index >= 15 is 0 Å². The van der Waals surface area contributed by atoms with Crippen LogP contribution in [0.5, 0.6) is 17.2 Å². The van der Waals surface area contributed by atoms with Crippen LogP contribution >= 0.6 is 0 Å². The molecule has 186 valence electrons. The predicted molar refractivity (Wildman–Crippen MR) is 142 cm³/mol. The number of methoxy groups -OCH3 is 1. The minimum absolute atomic E-state index is 0.213. The molecular formula is C31H38O4. The van der Waals surface area contributed by atoms with Crippen molar-refractivity contribution in [3.63, 3.8) is 0 Å². The van der Waals surface area contributed by atoms with E-state index in [9.17, 15) is 4.79 Å². The summed E-state index contributed by atoms with van der Waals surface area (Å²) in [6.45, 7) is 3.00. The number of ketones is 1. The number of rotatable bonds is 14. The normalized spacial score (nSPS) is 15.1. The molecule has 0 atom stereocenters. The highest BCUT2D eigenvalue weighted by Crippen LogP contribution is 2.39. The number of carbonyl (C=O) groups excluding carboxylic acids is 1. The molecule has 0 saturated heterocycles. The van der Waals surface area contributed by atoms with E-state index in [1.807, 2.05) is 36.4 Å². The first-order chi connectivity index (χ1) is 17.2.